The van der Waals surface area contributed by atoms with Crippen molar-refractivity contribution in [2.24, 2.45) is 10.9 Å². The Balaban J connectivity index is 2.76. The highest BCUT2D eigenvalue weighted by atomic mass is 32.2. The second-order valence-electron chi connectivity index (χ2n) is 2.28. The highest BCUT2D eigenvalue weighted by molar-refractivity contribution is 7.83. The standard InChI is InChI=1S/C6H9NO2S/c1-5-2-3-7-6(4-5)10(8)9/h3-5H,2H2,1H3,(H,8,9). The number of rotatable bonds is 1. The second kappa shape index (κ2) is 3.07. The third-order valence-corrected chi connectivity index (χ3v) is 1.90. The SMILES string of the molecule is CC1C=C(S(=O)O)N=CC1. The Labute approximate surface area is 62.1 Å². The molecule has 0 aliphatic carbocycles. The lowest BCUT2D eigenvalue weighted by molar-refractivity contribution is 0.569. The van der Waals surface area contributed by atoms with E-state index in [1.54, 1.807) is 12.3 Å². The fourth-order valence-corrected chi connectivity index (χ4v) is 1.28. The molecule has 1 aliphatic heterocycles. The molecule has 0 aromatic heterocycles. The van der Waals surface area contributed by atoms with Crippen LogP contribution in [0.1, 0.15) is 13.3 Å². The average Bonchev–Trinajstić information content (AvgIpc) is 1.88. The van der Waals surface area contributed by atoms with Crippen LogP contribution >= 0.6 is 0 Å². The number of hydrogen-bond donors (Lipinski definition) is 1. The second-order valence-corrected chi connectivity index (χ2v) is 3.20. The molecular weight excluding hydrogens is 150 g/mol. The van der Waals surface area contributed by atoms with Gasteiger partial charge in [-0.2, -0.15) is 0 Å². The Morgan fingerprint density at radius 2 is 2.60 bits per heavy atom. The molecule has 4 heteroatoms. The molecule has 0 amide bonds. The van der Waals surface area contributed by atoms with E-state index in [1.165, 1.54) is 0 Å². The molecule has 1 heterocycles. The molecule has 10 heavy (non-hydrogen) atoms. The summed E-state index contributed by atoms with van der Waals surface area (Å²) in [4.78, 5) is 3.77. The molecule has 0 radical (unpaired) electrons. The maximum absolute atomic E-state index is 10.4. The van der Waals surface area contributed by atoms with E-state index in [0.29, 0.717) is 5.92 Å². The third-order valence-electron chi connectivity index (χ3n) is 1.30. The molecule has 56 valence electrons. The zero-order valence-corrected chi connectivity index (χ0v) is 6.47. The number of nitrogens with zero attached hydrogens (tertiary/aromatic N) is 1. The van der Waals surface area contributed by atoms with Crippen LogP contribution in [0, 0.1) is 5.92 Å². The van der Waals surface area contributed by atoms with Gasteiger partial charge in [-0.25, -0.2) is 9.20 Å². The molecule has 3 nitrogen and oxygen atoms in total. The molecule has 0 saturated carbocycles. The summed E-state index contributed by atoms with van der Waals surface area (Å²) >= 11 is -1.91. The van der Waals surface area contributed by atoms with Crippen molar-refractivity contribution in [3.63, 3.8) is 0 Å². The molecule has 0 spiro atoms. The zero-order chi connectivity index (χ0) is 7.56. The van der Waals surface area contributed by atoms with Gasteiger partial charge in [0.25, 0.3) is 0 Å². The van der Waals surface area contributed by atoms with Crippen molar-refractivity contribution >= 4 is 17.3 Å². The lowest BCUT2D eigenvalue weighted by atomic mass is 10.1. The van der Waals surface area contributed by atoms with Gasteiger partial charge in [0, 0.05) is 6.21 Å². The summed E-state index contributed by atoms with van der Waals surface area (Å²) in [5.74, 6) is 0.337. The Morgan fingerprint density at radius 1 is 1.90 bits per heavy atom. The summed E-state index contributed by atoms with van der Waals surface area (Å²) in [6.45, 7) is 1.98. The molecule has 0 aromatic carbocycles. The predicted octanol–water partition coefficient (Wildman–Crippen LogP) is 1.16. The summed E-state index contributed by atoms with van der Waals surface area (Å²) < 4.78 is 19.0. The van der Waals surface area contributed by atoms with Crippen LogP contribution < -0.4 is 0 Å². The minimum absolute atomic E-state index is 0.277. The largest absolute Gasteiger partial charge is 0.301 e. The van der Waals surface area contributed by atoms with Crippen LogP contribution in [0.25, 0.3) is 0 Å². The van der Waals surface area contributed by atoms with E-state index < -0.39 is 11.1 Å². The van der Waals surface area contributed by atoms with Gasteiger partial charge in [0.05, 0.1) is 0 Å². The number of allylic oxidation sites excluding steroid dienone is 1. The summed E-state index contributed by atoms with van der Waals surface area (Å²) in [7, 11) is 0. The van der Waals surface area contributed by atoms with Gasteiger partial charge < -0.3 is 4.55 Å². The third kappa shape index (κ3) is 1.75. The first-order valence-electron chi connectivity index (χ1n) is 3.05. The summed E-state index contributed by atoms with van der Waals surface area (Å²) in [5.41, 5.74) is 0. The molecule has 2 atom stereocenters. The first-order valence-corrected chi connectivity index (χ1v) is 4.16. The Bertz CT molecular complexity index is 210. The van der Waals surface area contributed by atoms with Crippen LogP contribution in [0.3, 0.4) is 0 Å². The van der Waals surface area contributed by atoms with Gasteiger partial charge in [0.15, 0.2) is 5.03 Å². The summed E-state index contributed by atoms with van der Waals surface area (Å²) in [6.07, 6.45) is 4.25. The van der Waals surface area contributed by atoms with E-state index in [-0.39, 0.29) is 5.03 Å². The monoisotopic (exact) mass is 159 g/mol. The molecule has 1 aliphatic rings. The molecular formula is C6H9NO2S. The van der Waals surface area contributed by atoms with Crippen molar-refractivity contribution in [3.05, 3.63) is 11.1 Å². The Kier molecular flexibility index (Phi) is 2.34. The quantitative estimate of drug-likeness (QED) is 0.584. The molecule has 0 saturated heterocycles. The van der Waals surface area contributed by atoms with E-state index in [2.05, 4.69) is 4.99 Å². The molecule has 0 bridgehead atoms. The van der Waals surface area contributed by atoms with Crippen molar-refractivity contribution in [3.8, 4) is 0 Å². The van der Waals surface area contributed by atoms with Crippen LogP contribution in [-0.2, 0) is 11.1 Å². The highest BCUT2D eigenvalue weighted by Crippen LogP contribution is 2.14. The van der Waals surface area contributed by atoms with Gasteiger partial charge in [-0.15, -0.1) is 0 Å². The smallest absolute Gasteiger partial charge is 0.205 e. The van der Waals surface area contributed by atoms with Crippen LogP contribution in [0.2, 0.25) is 0 Å². The van der Waals surface area contributed by atoms with Crippen LogP contribution in [0.4, 0.5) is 0 Å². The maximum atomic E-state index is 10.4. The highest BCUT2D eigenvalue weighted by Gasteiger charge is 2.08. The molecule has 2 unspecified atom stereocenters. The van der Waals surface area contributed by atoms with Crippen LogP contribution in [-0.4, -0.2) is 15.0 Å². The minimum Gasteiger partial charge on any atom is -0.301 e. The summed E-state index contributed by atoms with van der Waals surface area (Å²) in [5, 5.41) is 0.277. The summed E-state index contributed by atoms with van der Waals surface area (Å²) in [6, 6.07) is 0. The first kappa shape index (κ1) is 7.63. The Hall–Kier alpha value is -0.480. The fourth-order valence-electron chi connectivity index (χ4n) is 0.767. The fraction of sp³-hybridized carbons (Fsp3) is 0.500. The van der Waals surface area contributed by atoms with Crippen LogP contribution in [0.5, 0.6) is 0 Å². The van der Waals surface area contributed by atoms with Crippen LogP contribution in [0.15, 0.2) is 16.1 Å². The first-order chi connectivity index (χ1) is 4.70. The van der Waals surface area contributed by atoms with Gasteiger partial charge in [0.1, 0.15) is 0 Å². The minimum atomic E-state index is -1.91. The van der Waals surface area contributed by atoms with Gasteiger partial charge in [0.2, 0.25) is 11.1 Å². The molecule has 0 aromatic rings. The molecule has 0 fully saturated rings. The van der Waals surface area contributed by atoms with Crippen molar-refractivity contribution < 1.29 is 8.76 Å². The maximum Gasteiger partial charge on any atom is 0.205 e. The normalized spacial score (nSPS) is 27.8. The number of hydrogen-bond acceptors (Lipinski definition) is 2. The average molecular weight is 159 g/mol. The van der Waals surface area contributed by atoms with Gasteiger partial charge in [-0.05, 0) is 18.4 Å². The Morgan fingerprint density at radius 3 is 3.00 bits per heavy atom. The van der Waals surface area contributed by atoms with E-state index in [0.717, 1.165) is 6.42 Å². The van der Waals surface area contributed by atoms with Gasteiger partial charge in [-0.3, -0.25) is 0 Å². The van der Waals surface area contributed by atoms with Crippen molar-refractivity contribution in [1.29, 1.82) is 0 Å². The number of aliphatic imine (C=N–C) groups is 1. The molecule has 1 rings (SSSR count). The lowest BCUT2D eigenvalue weighted by Crippen LogP contribution is -2.02. The predicted molar refractivity (Wildman–Crippen MR) is 41.1 cm³/mol. The van der Waals surface area contributed by atoms with Crippen molar-refractivity contribution in [1.82, 2.24) is 0 Å². The lowest BCUT2D eigenvalue weighted by Gasteiger charge is -2.07. The molecule has 1 N–H and O–H groups in total. The van der Waals surface area contributed by atoms with Gasteiger partial charge >= 0.3 is 0 Å². The van der Waals surface area contributed by atoms with Crippen molar-refractivity contribution in [2.45, 2.75) is 13.3 Å². The topological polar surface area (TPSA) is 49.7 Å². The van der Waals surface area contributed by atoms with E-state index in [9.17, 15) is 4.21 Å². The van der Waals surface area contributed by atoms with E-state index >= 15 is 0 Å². The zero-order valence-electron chi connectivity index (χ0n) is 5.65. The van der Waals surface area contributed by atoms with Crippen molar-refractivity contribution in [2.75, 3.05) is 0 Å². The van der Waals surface area contributed by atoms with E-state index in [4.69, 9.17) is 4.55 Å². The van der Waals surface area contributed by atoms with E-state index in [1.807, 2.05) is 6.92 Å². The van der Waals surface area contributed by atoms with Gasteiger partial charge in [-0.1, -0.05) is 6.92 Å².